The highest BCUT2D eigenvalue weighted by atomic mass is 16.5. The topological polar surface area (TPSA) is 91.2 Å². The van der Waals surface area contributed by atoms with E-state index in [-0.39, 0.29) is 0 Å². The lowest BCUT2D eigenvalue weighted by atomic mass is 10.2. The average Bonchev–Trinajstić information content (AvgIpc) is 2.97. The monoisotopic (exact) mass is 273 g/mol. The molecule has 1 N–H and O–H groups in total. The van der Waals surface area contributed by atoms with Gasteiger partial charge >= 0.3 is 5.97 Å². The lowest BCUT2D eigenvalue weighted by molar-refractivity contribution is -0.134. The van der Waals surface area contributed by atoms with Gasteiger partial charge in [-0.1, -0.05) is 0 Å². The third-order valence-electron chi connectivity index (χ3n) is 2.88. The number of hydrogen-bond donors (Lipinski definition) is 1. The summed E-state index contributed by atoms with van der Waals surface area (Å²) < 4.78 is 11.3. The molecular formula is C12H11N5O3. The average molecular weight is 273 g/mol. The van der Waals surface area contributed by atoms with Crippen LogP contribution in [0.4, 0.5) is 5.69 Å². The highest BCUT2D eigenvalue weighted by Gasteiger charge is 2.23. The summed E-state index contributed by atoms with van der Waals surface area (Å²) in [7, 11) is 2.89. The summed E-state index contributed by atoms with van der Waals surface area (Å²) in [5.41, 5.74) is 1.98. The van der Waals surface area contributed by atoms with Crippen molar-refractivity contribution in [3.05, 3.63) is 30.1 Å². The smallest absolute Gasteiger partial charge is 0.332 e. The molecule has 0 aliphatic carbocycles. The highest BCUT2D eigenvalue weighted by Crippen LogP contribution is 2.33. The highest BCUT2D eigenvalue weighted by molar-refractivity contribution is 5.95. The Morgan fingerprint density at radius 3 is 3.00 bits per heavy atom. The first-order chi connectivity index (χ1) is 9.72. The van der Waals surface area contributed by atoms with Gasteiger partial charge in [-0.25, -0.2) is 4.79 Å². The van der Waals surface area contributed by atoms with Gasteiger partial charge in [0.05, 0.1) is 37.4 Å². The zero-order valence-corrected chi connectivity index (χ0v) is 10.8. The number of methoxy groups -OCH3 is 2. The Balaban J connectivity index is 2.13. The molecule has 2 aromatic rings. The van der Waals surface area contributed by atoms with Crippen LogP contribution in [0.1, 0.15) is 5.82 Å². The second kappa shape index (κ2) is 4.65. The molecule has 3 rings (SSSR count). The molecule has 1 aromatic heterocycles. The Morgan fingerprint density at radius 1 is 1.40 bits per heavy atom. The number of aromatic nitrogens is 4. The third kappa shape index (κ3) is 1.87. The predicted molar refractivity (Wildman–Crippen MR) is 69.3 cm³/mol. The lowest BCUT2D eigenvalue weighted by Crippen LogP contribution is -2.17. The van der Waals surface area contributed by atoms with Crippen LogP contribution in [0, 0.1) is 0 Å². The van der Waals surface area contributed by atoms with Gasteiger partial charge in [0.2, 0.25) is 5.82 Å². The van der Waals surface area contributed by atoms with E-state index in [0.29, 0.717) is 17.3 Å². The van der Waals surface area contributed by atoms with E-state index in [1.807, 2.05) is 6.07 Å². The minimum absolute atomic E-state index is 0.427. The quantitative estimate of drug-likeness (QED) is 0.633. The lowest BCUT2D eigenvalue weighted by Gasteiger charge is -2.20. The second-order valence-corrected chi connectivity index (χ2v) is 4.00. The number of tetrazole rings is 1. The predicted octanol–water partition coefficient (Wildman–Crippen LogP) is 0.610. The Labute approximate surface area is 114 Å². The van der Waals surface area contributed by atoms with Gasteiger partial charge in [-0.2, -0.15) is 4.68 Å². The number of benzene rings is 1. The first-order valence-electron chi connectivity index (χ1n) is 5.77. The summed E-state index contributed by atoms with van der Waals surface area (Å²) >= 11 is 0. The Bertz CT molecular complexity index is 707. The number of carbonyl (C=O) groups excluding carboxylic acids is 1. The van der Waals surface area contributed by atoms with Crippen LogP contribution in [0.25, 0.3) is 11.4 Å². The molecule has 0 amide bonds. The summed E-state index contributed by atoms with van der Waals surface area (Å²) in [6, 6.07) is 5.43. The van der Waals surface area contributed by atoms with Gasteiger partial charge in [-0.05, 0) is 22.6 Å². The Hall–Kier alpha value is -2.90. The molecule has 8 heteroatoms. The normalized spacial score (nSPS) is 14.2. The number of hydrogen-bond acceptors (Lipinski definition) is 7. The molecule has 20 heavy (non-hydrogen) atoms. The van der Waals surface area contributed by atoms with Crippen LogP contribution in [-0.4, -0.2) is 40.4 Å². The number of carbonyl (C=O) groups is 1. The number of nitrogens with one attached hydrogen (secondary N) is 1. The molecule has 0 unspecified atom stereocenters. The molecule has 1 aromatic carbocycles. The van der Waals surface area contributed by atoms with E-state index in [1.165, 1.54) is 17.9 Å². The molecule has 102 valence electrons. The molecule has 0 spiro atoms. The van der Waals surface area contributed by atoms with Crippen molar-refractivity contribution in [2.24, 2.45) is 0 Å². The van der Waals surface area contributed by atoms with Crippen LogP contribution >= 0.6 is 0 Å². The molecule has 2 heterocycles. The SMILES string of the molecule is COC(=O)/C=C1/Nc2ccc(OC)cc2-n2nnnc21. The molecule has 1 aliphatic heterocycles. The summed E-state index contributed by atoms with van der Waals surface area (Å²) in [5, 5.41) is 14.6. The summed E-state index contributed by atoms with van der Waals surface area (Å²) in [6.07, 6.45) is 1.30. The van der Waals surface area contributed by atoms with Crippen molar-refractivity contribution >= 4 is 17.4 Å². The number of ether oxygens (including phenoxy) is 2. The minimum Gasteiger partial charge on any atom is -0.497 e. The van der Waals surface area contributed by atoms with Crippen LogP contribution in [0.5, 0.6) is 5.75 Å². The molecule has 0 bridgehead atoms. The van der Waals surface area contributed by atoms with Crippen molar-refractivity contribution in [2.75, 3.05) is 19.5 Å². The summed E-state index contributed by atoms with van der Waals surface area (Å²) in [5.74, 6) is 0.627. The van der Waals surface area contributed by atoms with Crippen LogP contribution in [0.15, 0.2) is 24.3 Å². The molecule has 0 fully saturated rings. The number of nitrogens with zero attached hydrogens (tertiary/aromatic N) is 4. The van der Waals surface area contributed by atoms with Crippen molar-refractivity contribution in [3.8, 4) is 11.4 Å². The van der Waals surface area contributed by atoms with E-state index in [0.717, 1.165) is 11.4 Å². The number of fused-ring (bicyclic) bond motifs is 3. The van der Waals surface area contributed by atoms with Crippen molar-refractivity contribution < 1.29 is 14.3 Å². The van der Waals surface area contributed by atoms with E-state index in [2.05, 4.69) is 25.6 Å². The number of esters is 1. The fourth-order valence-electron chi connectivity index (χ4n) is 1.92. The minimum atomic E-state index is -0.487. The third-order valence-corrected chi connectivity index (χ3v) is 2.88. The zero-order chi connectivity index (χ0) is 14.1. The molecule has 0 atom stereocenters. The maximum absolute atomic E-state index is 11.4. The molecule has 0 saturated heterocycles. The van der Waals surface area contributed by atoms with Gasteiger partial charge in [-0.3, -0.25) is 0 Å². The van der Waals surface area contributed by atoms with Gasteiger partial charge < -0.3 is 14.8 Å². The molecule has 0 radical (unpaired) electrons. The Kier molecular flexibility index (Phi) is 2.82. The van der Waals surface area contributed by atoms with Crippen molar-refractivity contribution in [2.45, 2.75) is 0 Å². The Morgan fingerprint density at radius 2 is 2.25 bits per heavy atom. The van der Waals surface area contributed by atoms with Gasteiger partial charge in [0, 0.05) is 6.07 Å². The van der Waals surface area contributed by atoms with Gasteiger partial charge in [0.25, 0.3) is 0 Å². The zero-order valence-electron chi connectivity index (χ0n) is 10.8. The van der Waals surface area contributed by atoms with Crippen molar-refractivity contribution in [1.29, 1.82) is 0 Å². The van der Waals surface area contributed by atoms with E-state index < -0.39 is 5.97 Å². The largest absolute Gasteiger partial charge is 0.497 e. The van der Waals surface area contributed by atoms with E-state index in [9.17, 15) is 4.79 Å². The summed E-state index contributed by atoms with van der Waals surface area (Å²) in [4.78, 5) is 11.4. The van der Waals surface area contributed by atoms with Crippen LogP contribution in [-0.2, 0) is 9.53 Å². The number of rotatable bonds is 2. The van der Waals surface area contributed by atoms with Gasteiger partial charge in [0.1, 0.15) is 5.75 Å². The first kappa shape index (κ1) is 12.2. The summed E-state index contributed by atoms with van der Waals surface area (Å²) in [6.45, 7) is 0. The van der Waals surface area contributed by atoms with Crippen LogP contribution in [0.3, 0.4) is 0 Å². The maximum atomic E-state index is 11.4. The van der Waals surface area contributed by atoms with E-state index in [4.69, 9.17) is 4.74 Å². The fraction of sp³-hybridized carbons (Fsp3) is 0.167. The fourth-order valence-corrected chi connectivity index (χ4v) is 1.92. The molecule has 1 aliphatic rings. The number of anilines is 1. The van der Waals surface area contributed by atoms with Crippen molar-refractivity contribution in [1.82, 2.24) is 20.2 Å². The standard InChI is InChI=1S/C12H11N5O3/c1-19-7-3-4-8-10(5-7)17-12(14-15-16-17)9(13-8)6-11(18)20-2/h3-6,13H,1-2H3/b9-6+. The van der Waals surface area contributed by atoms with Crippen LogP contribution in [0.2, 0.25) is 0 Å². The first-order valence-corrected chi connectivity index (χ1v) is 5.77. The maximum Gasteiger partial charge on any atom is 0.332 e. The molecule has 0 saturated carbocycles. The van der Waals surface area contributed by atoms with Crippen LogP contribution < -0.4 is 10.1 Å². The molecular weight excluding hydrogens is 262 g/mol. The van der Waals surface area contributed by atoms with Crippen molar-refractivity contribution in [3.63, 3.8) is 0 Å². The van der Waals surface area contributed by atoms with E-state index in [1.54, 1.807) is 19.2 Å². The van der Waals surface area contributed by atoms with Gasteiger partial charge in [-0.15, -0.1) is 5.10 Å². The second-order valence-electron chi connectivity index (χ2n) is 4.00. The molecule has 8 nitrogen and oxygen atoms in total. The van der Waals surface area contributed by atoms with Gasteiger partial charge in [0.15, 0.2) is 0 Å². The van der Waals surface area contributed by atoms with E-state index >= 15 is 0 Å².